The molecule has 1 aromatic carbocycles. The molecule has 0 amide bonds. The van der Waals surface area contributed by atoms with E-state index in [2.05, 4.69) is 52.5 Å². The van der Waals surface area contributed by atoms with E-state index in [0.29, 0.717) is 6.42 Å². The van der Waals surface area contributed by atoms with Gasteiger partial charge < -0.3 is 4.57 Å². The lowest BCUT2D eigenvalue weighted by Crippen LogP contribution is -2.13. The first-order valence-electron chi connectivity index (χ1n) is 6.59. The molecule has 0 atom stereocenters. The van der Waals surface area contributed by atoms with Crippen molar-refractivity contribution >= 4 is 21.7 Å². The Labute approximate surface area is 121 Å². The maximum absolute atomic E-state index is 12.0. The highest BCUT2D eigenvalue weighted by Gasteiger charge is 2.23. The smallest absolute Gasteiger partial charge is 0.164 e. The number of fused-ring (bicyclic) bond motifs is 1. The van der Waals surface area contributed by atoms with E-state index in [4.69, 9.17) is 0 Å². The van der Waals surface area contributed by atoms with E-state index >= 15 is 0 Å². The van der Waals surface area contributed by atoms with E-state index in [1.807, 2.05) is 6.07 Å². The Balaban J connectivity index is 2.23. The molecule has 2 aromatic rings. The first-order valence-corrected chi connectivity index (χ1v) is 7.38. The fraction of sp³-hybridized carbons (Fsp3) is 0.312. The minimum absolute atomic E-state index is 0.290. The average molecular weight is 318 g/mol. The summed E-state index contributed by atoms with van der Waals surface area (Å²) >= 11 is 3.50. The van der Waals surface area contributed by atoms with E-state index in [1.54, 1.807) is 0 Å². The normalized spacial score (nSPS) is 14.6. The van der Waals surface area contributed by atoms with Gasteiger partial charge in [0.1, 0.15) is 0 Å². The van der Waals surface area contributed by atoms with Gasteiger partial charge in [0, 0.05) is 33.5 Å². The fourth-order valence-corrected chi connectivity index (χ4v) is 3.41. The number of carbonyl (C=O) groups excluding carboxylic acids is 1. The van der Waals surface area contributed by atoms with E-state index in [1.165, 1.54) is 16.9 Å². The molecule has 0 saturated heterocycles. The molecule has 0 saturated carbocycles. The first kappa shape index (κ1) is 12.7. The summed E-state index contributed by atoms with van der Waals surface area (Å²) in [4.78, 5) is 12.0. The molecular weight excluding hydrogens is 302 g/mol. The van der Waals surface area contributed by atoms with E-state index in [0.717, 1.165) is 28.6 Å². The number of nitrogens with zero attached hydrogens (tertiary/aromatic N) is 1. The summed E-state index contributed by atoms with van der Waals surface area (Å²) in [6.45, 7) is 4.18. The van der Waals surface area contributed by atoms with Gasteiger partial charge in [0.25, 0.3) is 0 Å². The number of aryl methyl sites for hydroxylation is 2. The SMILES string of the molecule is Cc1cc(Br)ccc1-n1c(C)cc2c1CCCC2=O. The molecular formula is C16H16BrNO. The number of benzene rings is 1. The zero-order valence-corrected chi connectivity index (χ0v) is 12.8. The summed E-state index contributed by atoms with van der Waals surface area (Å²) in [5.74, 6) is 0.290. The third kappa shape index (κ3) is 2.06. The number of hydrogen-bond donors (Lipinski definition) is 0. The Morgan fingerprint density at radius 2 is 1.95 bits per heavy atom. The molecule has 3 rings (SSSR count). The summed E-state index contributed by atoms with van der Waals surface area (Å²) in [6.07, 6.45) is 2.64. The van der Waals surface area contributed by atoms with Crippen LogP contribution in [-0.4, -0.2) is 10.4 Å². The molecule has 0 fully saturated rings. The van der Waals surface area contributed by atoms with Gasteiger partial charge in [-0.25, -0.2) is 0 Å². The Hall–Kier alpha value is -1.35. The van der Waals surface area contributed by atoms with Crippen molar-refractivity contribution in [3.8, 4) is 5.69 Å². The largest absolute Gasteiger partial charge is 0.317 e. The van der Waals surface area contributed by atoms with Gasteiger partial charge in [0.2, 0.25) is 0 Å². The molecule has 0 radical (unpaired) electrons. The molecule has 0 aliphatic heterocycles. The van der Waals surface area contributed by atoms with Crippen LogP contribution in [0, 0.1) is 13.8 Å². The summed E-state index contributed by atoms with van der Waals surface area (Å²) < 4.78 is 3.33. The summed E-state index contributed by atoms with van der Waals surface area (Å²) in [7, 11) is 0. The molecule has 2 nitrogen and oxygen atoms in total. The van der Waals surface area contributed by atoms with Crippen molar-refractivity contribution in [2.45, 2.75) is 33.1 Å². The van der Waals surface area contributed by atoms with Crippen LogP contribution >= 0.6 is 15.9 Å². The van der Waals surface area contributed by atoms with Crippen molar-refractivity contribution in [1.82, 2.24) is 4.57 Å². The van der Waals surface area contributed by atoms with Crippen LogP contribution in [0.15, 0.2) is 28.7 Å². The average Bonchev–Trinajstić information content (AvgIpc) is 2.68. The van der Waals surface area contributed by atoms with Crippen molar-refractivity contribution < 1.29 is 4.79 Å². The molecule has 0 spiro atoms. The van der Waals surface area contributed by atoms with Crippen LogP contribution in [-0.2, 0) is 6.42 Å². The van der Waals surface area contributed by atoms with Crippen LogP contribution in [0.4, 0.5) is 0 Å². The van der Waals surface area contributed by atoms with Crippen LogP contribution < -0.4 is 0 Å². The lowest BCUT2D eigenvalue weighted by atomic mass is 9.96. The second-order valence-electron chi connectivity index (χ2n) is 5.19. The highest BCUT2D eigenvalue weighted by Crippen LogP contribution is 2.30. The van der Waals surface area contributed by atoms with Crippen molar-refractivity contribution in [1.29, 1.82) is 0 Å². The van der Waals surface area contributed by atoms with E-state index < -0.39 is 0 Å². The van der Waals surface area contributed by atoms with Crippen LogP contribution in [0.3, 0.4) is 0 Å². The van der Waals surface area contributed by atoms with Gasteiger partial charge in [-0.1, -0.05) is 15.9 Å². The van der Waals surface area contributed by atoms with Crippen LogP contribution in [0.2, 0.25) is 0 Å². The zero-order valence-electron chi connectivity index (χ0n) is 11.2. The number of carbonyl (C=O) groups is 1. The second kappa shape index (κ2) is 4.64. The van der Waals surface area contributed by atoms with Gasteiger partial charge >= 0.3 is 0 Å². The Bertz CT molecular complexity index is 670. The maximum Gasteiger partial charge on any atom is 0.164 e. The molecule has 3 heteroatoms. The third-order valence-corrected chi connectivity index (χ3v) is 4.30. The summed E-state index contributed by atoms with van der Waals surface area (Å²) in [5.41, 5.74) is 5.64. The highest BCUT2D eigenvalue weighted by molar-refractivity contribution is 9.10. The van der Waals surface area contributed by atoms with Gasteiger partial charge in [-0.15, -0.1) is 0 Å². The lowest BCUT2D eigenvalue weighted by molar-refractivity contribution is 0.0972. The minimum Gasteiger partial charge on any atom is -0.317 e. The fourth-order valence-electron chi connectivity index (χ4n) is 2.93. The standard InChI is InChI=1S/C16H16BrNO/c1-10-8-12(17)6-7-14(10)18-11(2)9-13-15(18)4-3-5-16(13)19/h6-9H,3-5H2,1-2H3. The Kier molecular flexibility index (Phi) is 3.09. The topological polar surface area (TPSA) is 22.0 Å². The van der Waals surface area contributed by atoms with E-state index in [9.17, 15) is 4.79 Å². The molecule has 0 bridgehead atoms. The van der Waals surface area contributed by atoms with Gasteiger partial charge in [-0.2, -0.15) is 0 Å². The summed E-state index contributed by atoms with van der Waals surface area (Å²) in [5, 5.41) is 0. The van der Waals surface area contributed by atoms with Gasteiger partial charge in [0.05, 0.1) is 0 Å². The molecule has 1 aromatic heterocycles. The molecule has 1 aliphatic rings. The van der Waals surface area contributed by atoms with Crippen molar-refractivity contribution in [2.24, 2.45) is 0 Å². The van der Waals surface area contributed by atoms with Crippen LogP contribution in [0.25, 0.3) is 5.69 Å². The molecule has 0 unspecified atom stereocenters. The quantitative estimate of drug-likeness (QED) is 0.765. The minimum atomic E-state index is 0.290. The molecule has 1 heterocycles. The van der Waals surface area contributed by atoms with E-state index in [-0.39, 0.29) is 5.78 Å². The number of rotatable bonds is 1. The van der Waals surface area contributed by atoms with Crippen molar-refractivity contribution in [3.05, 3.63) is 51.3 Å². The number of ketones is 1. The predicted octanol–water partition coefficient (Wildman–Crippen LogP) is 4.38. The second-order valence-corrected chi connectivity index (χ2v) is 6.10. The predicted molar refractivity (Wildman–Crippen MR) is 80.2 cm³/mol. The van der Waals surface area contributed by atoms with Gasteiger partial charge in [-0.3, -0.25) is 4.79 Å². The first-order chi connectivity index (χ1) is 9.08. The number of halogens is 1. The van der Waals surface area contributed by atoms with Gasteiger partial charge in [-0.05, 0) is 56.5 Å². The lowest BCUT2D eigenvalue weighted by Gasteiger charge is -2.18. The number of Topliss-reactive ketones (excluding diaryl/α,β-unsaturated/α-hetero) is 1. The van der Waals surface area contributed by atoms with Crippen molar-refractivity contribution in [3.63, 3.8) is 0 Å². The summed E-state index contributed by atoms with van der Waals surface area (Å²) in [6, 6.07) is 8.33. The highest BCUT2D eigenvalue weighted by atomic mass is 79.9. The van der Waals surface area contributed by atoms with Crippen molar-refractivity contribution in [2.75, 3.05) is 0 Å². The molecule has 98 valence electrons. The number of aromatic nitrogens is 1. The maximum atomic E-state index is 12.0. The molecule has 19 heavy (non-hydrogen) atoms. The molecule has 1 aliphatic carbocycles. The zero-order chi connectivity index (χ0) is 13.6. The monoisotopic (exact) mass is 317 g/mol. The Morgan fingerprint density at radius 1 is 1.16 bits per heavy atom. The molecule has 0 N–H and O–H groups in total. The van der Waals surface area contributed by atoms with Crippen LogP contribution in [0.1, 0.15) is 40.2 Å². The Morgan fingerprint density at radius 3 is 2.68 bits per heavy atom. The van der Waals surface area contributed by atoms with Gasteiger partial charge in [0.15, 0.2) is 5.78 Å². The third-order valence-electron chi connectivity index (χ3n) is 3.80. The van der Waals surface area contributed by atoms with Crippen LogP contribution in [0.5, 0.6) is 0 Å². The number of hydrogen-bond acceptors (Lipinski definition) is 1.